The minimum absolute atomic E-state index is 0.0106. The fourth-order valence-corrected chi connectivity index (χ4v) is 3.66. The molecule has 1 heterocycles. The first kappa shape index (κ1) is 22.4. The van der Waals surface area contributed by atoms with Gasteiger partial charge in [0.1, 0.15) is 19.8 Å². The van der Waals surface area contributed by atoms with Crippen molar-refractivity contribution in [3.63, 3.8) is 0 Å². The third-order valence-corrected chi connectivity index (χ3v) is 5.47. The summed E-state index contributed by atoms with van der Waals surface area (Å²) in [5, 5.41) is 0. The Labute approximate surface area is 181 Å². The smallest absolute Gasteiger partial charge is 0.254 e. The van der Waals surface area contributed by atoms with Gasteiger partial charge in [0.2, 0.25) is 21.8 Å². The molecule has 1 fully saturated rings. The Morgan fingerprint density at radius 2 is 1.65 bits per heavy atom. The van der Waals surface area contributed by atoms with E-state index < -0.39 is 21.8 Å². The fourth-order valence-electron chi connectivity index (χ4n) is 3.19. The molecular formula is C21H24N4O5S. The molecule has 0 saturated carbocycles. The zero-order valence-corrected chi connectivity index (χ0v) is 17.9. The number of hydrogen-bond donors (Lipinski definition) is 1. The van der Waals surface area contributed by atoms with Gasteiger partial charge in [0.05, 0.1) is 6.26 Å². The molecule has 0 aliphatic carbocycles. The molecule has 0 bridgehead atoms. The summed E-state index contributed by atoms with van der Waals surface area (Å²) >= 11 is 0. The first-order valence-electron chi connectivity index (χ1n) is 9.67. The first-order valence-corrected chi connectivity index (χ1v) is 11.6. The molecule has 0 radical (unpaired) electrons. The van der Waals surface area contributed by atoms with Crippen LogP contribution in [0.2, 0.25) is 0 Å². The van der Waals surface area contributed by atoms with Crippen molar-refractivity contribution in [3.8, 4) is 0 Å². The van der Waals surface area contributed by atoms with E-state index in [4.69, 9.17) is 0 Å². The van der Waals surface area contributed by atoms with Gasteiger partial charge in [-0.25, -0.2) is 13.1 Å². The molecule has 10 heteroatoms. The topological polar surface area (TPSA) is 107 Å². The quantitative estimate of drug-likeness (QED) is 0.639. The molecule has 31 heavy (non-hydrogen) atoms. The van der Waals surface area contributed by atoms with Crippen LogP contribution in [0.15, 0.2) is 60.7 Å². The number of anilines is 1. The van der Waals surface area contributed by atoms with Crippen molar-refractivity contribution in [3.05, 3.63) is 66.2 Å². The standard InChI is InChI=1S/C21H24N4O5S/c1-31(29,30)22-12-13-23(21(28)17-8-4-2-5-9-17)14-19(26)24-15-20(27)25(16-24)18-10-6-3-7-11-18/h2-11,22H,12-16H2,1H3. The molecule has 3 rings (SSSR count). The zero-order chi connectivity index (χ0) is 22.4. The Kier molecular flexibility index (Phi) is 7.03. The van der Waals surface area contributed by atoms with Gasteiger partial charge in [-0.05, 0) is 24.3 Å². The van der Waals surface area contributed by atoms with Crippen LogP contribution in [0.5, 0.6) is 0 Å². The summed E-state index contributed by atoms with van der Waals surface area (Å²) in [7, 11) is -3.43. The maximum Gasteiger partial charge on any atom is 0.254 e. The Balaban J connectivity index is 1.70. The summed E-state index contributed by atoms with van der Waals surface area (Å²) in [5.74, 6) is -0.996. The Bertz CT molecular complexity index is 1040. The van der Waals surface area contributed by atoms with Gasteiger partial charge in [0.25, 0.3) is 5.91 Å². The van der Waals surface area contributed by atoms with E-state index in [0.717, 1.165) is 6.26 Å². The van der Waals surface area contributed by atoms with Crippen molar-refractivity contribution < 1.29 is 22.8 Å². The normalized spacial score (nSPS) is 14.0. The van der Waals surface area contributed by atoms with E-state index >= 15 is 0 Å². The van der Waals surface area contributed by atoms with E-state index in [0.29, 0.717) is 11.3 Å². The number of rotatable bonds is 8. The van der Waals surface area contributed by atoms with E-state index in [1.54, 1.807) is 42.5 Å². The highest BCUT2D eigenvalue weighted by Crippen LogP contribution is 2.19. The van der Waals surface area contributed by atoms with Crippen LogP contribution in [0.4, 0.5) is 5.69 Å². The number of carbonyl (C=O) groups is 3. The van der Waals surface area contributed by atoms with Crippen molar-refractivity contribution in [2.45, 2.75) is 0 Å². The third-order valence-electron chi connectivity index (χ3n) is 4.74. The minimum atomic E-state index is -3.43. The Morgan fingerprint density at radius 3 is 2.26 bits per heavy atom. The van der Waals surface area contributed by atoms with Crippen LogP contribution in [-0.2, 0) is 19.6 Å². The van der Waals surface area contributed by atoms with Crippen molar-refractivity contribution in [1.82, 2.24) is 14.5 Å². The van der Waals surface area contributed by atoms with Crippen molar-refractivity contribution in [2.75, 3.05) is 44.0 Å². The van der Waals surface area contributed by atoms with Crippen molar-refractivity contribution in [2.24, 2.45) is 0 Å². The van der Waals surface area contributed by atoms with E-state index in [1.165, 1.54) is 14.7 Å². The fraction of sp³-hybridized carbons (Fsp3) is 0.286. The SMILES string of the molecule is CS(=O)(=O)NCCN(CC(=O)N1CC(=O)N(c2ccccc2)C1)C(=O)c1ccccc1. The Hall–Kier alpha value is -3.24. The minimum Gasteiger partial charge on any atom is -0.328 e. The molecule has 9 nitrogen and oxygen atoms in total. The molecule has 2 aromatic rings. The van der Waals surface area contributed by atoms with Gasteiger partial charge in [0, 0.05) is 24.3 Å². The molecule has 164 valence electrons. The monoisotopic (exact) mass is 444 g/mol. The summed E-state index contributed by atoms with van der Waals surface area (Å²) in [6.45, 7) is -0.273. The second-order valence-corrected chi connectivity index (χ2v) is 8.98. The van der Waals surface area contributed by atoms with Crippen LogP contribution in [0.3, 0.4) is 0 Å². The second kappa shape index (κ2) is 9.71. The molecule has 0 unspecified atom stereocenters. The highest BCUT2D eigenvalue weighted by molar-refractivity contribution is 7.88. The van der Waals surface area contributed by atoms with E-state index in [-0.39, 0.29) is 38.8 Å². The highest BCUT2D eigenvalue weighted by Gasteiger charge is 2.33. The summed E-state index contributed by atoms with van der Waals surface area (Å²) < 4.78 is 25.0. The van der Waals surface area contributed by atoms with E-state index in [2.05, 4.69) is 4.72 Å². The summed E-state index contributed by atoms with van der Waals surface area (Å²) in [5.41, 5.74) is 1.08. The number of amides is 3. The molecule has 0 spiro atoms. The van der Waals surface area contributed by atoms with Crippen LogP contribution in [0, 0.1) is 0 Å². The largest absolute Gasteiger partial charge is 0.328 e. The van der Waals surface area contributed by atoms with Crippen LogP contribution in [0.1, 0.15) is 10.4 Å². The highest BCUT2D eigenvalue weighted by atomic mass is 32.2. The number of benzene rings is 2. The van der Waals surface area contributed by atoms with Gasteiger partial charge in [-0.2, -0.15) is 0 Å². The lowest BCUT2D eigenvalue weighted by Gasteiger charge is -2.25. The molecule has 1 aliphatic heterocycles. The molecule has 1 N–H and O–H groups in total. The van der Waals surface area contributed by atoms with Crippen LogP contribution < -0.4 is 9.62 Å². The van der Waals surface area contributed by atoms with Gasteiger partial charge >= 0.3 is 0 Å². The predicted octanol–water partition coefficient (Wildman–Crippen LogP) is 0.511. The maximum atomic E-state index is 12.9. The van der Waals surface area contributed by atoms with Gasteiger partial charge in [-0.1, -0.05) is 36.4 Å². The van der Waals surface area contributed by atoms with E-state index in [1.807, 2.05) is 18.2 Å². The number of carbonyl (C=O) groups excluding carboxylic acids is 3. The first-order chi connectivity index (χ1) is 14.7. The lowest BCUT2D eigenvalue weighted by molar-refractivity contribution is -0.132. The second-order valence-electron chi connectivity index (χ2n) is 7.15. The lowest BCUT2D eigenvalue weighted by atomic mass is 10.2. The summed E-state index contributed by atoms with van der Waals surface area (Å²) in [6, 6.07) is 17.5. The predicted molar refractivity (Wildman–Crippen MR) is 116 cm³/mol. The average Bonchev–Trinajstić information content (AvgIpc) is 3.14. The van der Waals surface area contributed by atoms with Gasteiger partial charge in [-0.15, -0.1) is 0 Å². The summed E-state index contributed by atoms with van der Waals surface area (Å²) in [6.07, 6.45) is 1.02. The third kappa shape index (κ3) is 6.12. The van der Waals surface area contributed by atoms with Crippen LogP contribution >= 0.6 is 0 Å². The molecule has 1 saturated heterocycles. The maximum absolute atomic E-state index is 12.9. The molecule has 3 amide bonds. The molecule has 2 aromatic carbocycles. The van der Waals surface area contributed by atoms with Crippen LogP contribution in [-0.4, -0.2) is 75.0 Å². The molecule has 1 aliphatic rings. The number of para-hydroxylation sites is 1. The number of nitrogens with zero attached hydrogens (tertiary/aromatic N) is 3. The summed E-state index contributed by atoms with van der Waals surface area (Å²) in [4.78, 5) is 42.3. The van der Waals surface area contributed by atoms with Gasteiger partial charge in [0.15, 0.2) is 0 Å². The lowest BCUT2D eigenvalue weighted by Crippen LogP contribution is -2.45. The van der Waals surface area contributed by atoms with Gasteiger partial charge in [-0.3, -0.25) is 19.3 Å². The number of nitrogens with one attached hydrogen (secondary N) is 1. The van der Waals surface area contributed by atoms with Crippen LogP contribution in [0.25, 0.3) is 0 Å². The van der Waals surface area contributed by atoms with Gasteiger partial charge < -0.3 is 9.80 Å². The van der Waals surface area contributed by atoms with E-state index in [9.17, 15) is 22.8 Å². The van der Waals surface area contributed by atoms with Crippen molar-refractivity contribution >= 4 is 33.4 Å². The zero-order valence-electron chi connectivity index (χ0n) is 17.1. The van der Waals surface area contributed by atoms with Crippen molar-refractivity contribution in [1.29, 1.82) is 0 Å². The molecule has 0 aromatic heterocycles. The number of hydrogen-bond acceptors (Lipinski definition) is 5. The molecule has 0 atom stereocenters. The Morgan fingerprint density at radius 1 is 1.03 bits per heavy atom. The average molecular weight is 445 g/mol. The molecular weight excluding hydrogens is 420 g/mol. The number of sulfonamides is 1.